The van der Waals surface area contributed by atoms with Gasteiger partial charge in [0.05, 0.1) is 12.3 Å². The maximum atomic E-state index is 12.2. The van der Waals surface area contributed by atoms with Crippen LogP contribution >= 0.6 is 0 Å². The van der Waals surface area contributed by atoms with Crippen molar-refractivity contribution in [2.24, 2.45) is 12.5 Å². The Labute approximate surface area is 120 Å². The van der Waals surface area contributed by atoms with Crippen LogP contribution in [0.25, 0.3) is 0 Å². The van der Waals surface area contributed by atoms with E-state index in [1.54, 1.807) is 24.9 Å². The highest BCUT2D eigenvalue weighted by atomic mass is 16.3. The fraction of sp³-hybridized carbons (Fsp3) is 0.714. The minimum absolute atomic E-state index is 0.0841. The van der Waals surface area contributed by atoms with Gasteiger partial charge in [-0.2, -0.15) is 5.10 Å². The van der Waals surface area contributed by atoms with Gasteiger partial charge in [-0.3, -0.25) is 9.48 Å². The van der Waals surface area contributed by atoms with Gasteiger partial charge in [0.1, 0.15) is 6.04 Å². The lowest BCUT2D eigenvalue weighted by atomic mass is 9.87. The minimum atomic E-state index is -0.411. The number of aryl methyl sites for hydroxylation is 1. The van der Waals surface area contributed by atoms with Gasteiger partial charge in [-0.15, -0.1) is 0 Å². The van der Waals surface area contributed by atoms with E-state index in [4.69, 9.17) is 0 Å². The van der Waals surface area contributed by atoms with E-state index < -0.39 is 6.04 Å². The summed E-state index contributed by atoms with van der Waals surface area (Å²) in [7, 11) is 3.57. The third kappa shape index (κ3) is 4.94. The van der Waals surface area contributed by atoms with Gasteiger partial charge in [0.25, 0.3) is 0 Å². The summed E-state index contributed by atoms with van der Waals surface area (Å²) in [5.41, 5.74) is 0.692. The second-order valence-electron chi connectivity index (χ2n) is 6.10. The average Bonchev–Trinajstić information content (AvgIpc) is 2.72. The molecule has 3 N–H and O–H groups in total. The van der Waals surface area contributed by atoms with Crippen molar-refractivity contribution < 1.29 is 9.90 Å². The largest absolute Gasteiger partial charge is 0.393 e. The van der Waals surface area contributed by atoms with E-state index in [-0.39, 0.29) is 17.4 Å². The van der Waals surface area contributed by atoms with Crippen LogP contribution in [0.2, 0.25) is 0 Å². The first-order valence-corrected chi connectivity index (χ1v) is 6.87. The molecule has 0 fully saturated rings. The molecule has 0 saturated carbocycles. The lowest BCUT2D eigenvalue weighted by Gasteiger charge is -2.27. The molecule has 2 unspecified atom stereocenters. The molecule has 0 aromatic carbocycles. The van der Waals surface area contributed by atoms with E-state index in [0.29, 0.717) is 13.0 Å². The van der Waals surface area contributed by atoms with Crippen molar-refractivity contribution in [2.75, 3.05) is 13.6 Å². The van der Waals surface area contributed by atoms with Crippen LogP contribution in [0.5, 0.6) is 0 Å². The van der Waals surface area contributed by atoms with Gasteiger partial charge >= 0.3 is 0 Å². The van der Waals surface area contributed by atoms with Gasteiger partial charge < -0.3 is 15.7 Å². The Bertz CT molecular complexity index is 440. The second kappa shape index (κ2) is 6.85. The zero-order valence-corrected chi connectivity index (χ0v) is 13.0. The van der Waals surface area contributed by atoms with Crippen LogP contribution in [0.3, 0.4) is 0 Å². The molecular weight excluding hydrogens is 256 g/mol. The van der Waals surface area contributed by atoms with E-state index in [1.165, 1.54) is 0 Å². The predicted molar refractivity (Wildman–Crippen MR) is 78.1 cm³/mol. The Hall–Kier alpha value is -1.40. The molecule has 20 heavy (non-hydrogen) atoms. The number of likely N-dealkylation sites (N-methyl/N-ethyl adjacent to an activating group) is 1. The molecule has 1 rings (SSSR count). The van der Waals surface area contributed by atoms with Gasteiger partial charge in [-0.25, -0.2) is 0 Å². The monoisotopic (exact) mass is 282 g/mol. The predicted octanol–water partition coefficient (Wildman–Crippen LogP) is 0.594. The maximum Gasteiger partial charge on any atom is 0.241 e. The molecule has 6 heteroatoms. The number of nitrogens with one attached hydrogen (secondary N) is 2. The van der Waals surface area contributed by atoms with Gasteiger partial charge in [0, 0.05) is 25.4 Å². The normalized spacial score (nSPS) is 14.9. The number of nitrogens with zero attached hydrogens (tertiary/aromatic N) is 2. The lowest BCUT2D eigenvalue weighted by Crippen LogP contribution is -2.41. The number of aliphatic hydroxyl groups is 1. The summed E-state index contributed by atoms with van der Waals surface area (Å²) in [5, 5.41) is 19.5. The Balaban J connectivity index is 2.60. The van der Waals surface area contributed by atoms with Gasteiger partial charge in [0.15, 0.2) is 0 Å². The average molecular weight is 282 g/mol. The molecule has 0 aliphatic heterocycles. The number of aromatic nitrogens is 2. The van der Waals surface area contributed by atoms with Gasteiger partial charge in [-0.05, 0) is 25.8 Å². The quantitative estimate of drug-likeness (QED) is 0.684. The number of carbonyl (C=O) groups excluding carboxylic acids is 1. The van der Waals surface area contributed by atoms with E-state index >= 15 is 0 Å². The van der Waals surface area contributed by atoms with E-state index in [1.807, 2.05) is 27.1 Å². The Morgan fingerprint density at radius 3 is 2.65 bits per heavy atom. The molecule has 1 amide bonds. The highest BCUT2D eigenvalue weighted by Crippen LogP contribution is 2.21. The molecule has 2 atom stereocenters. The summed E-state index contributed by atoms with van der Waals surface area (Å²) in [4.78, 5) is 12.2. The second-order valence-corrected chi connectivity index (χ2v) is 6.10. The Morgan fingerprint density at radius 2 is 2.20 bits per heavy atom. The van der Waals surface area contributed by atoms with Crippen LogP contribution in [0.15, 0.2) is 12.4 Å². The molecule has 0 aliphatic carbocycles. The maximum absolute atomic E-state index is 12.2. The Kier molecular flexibility index (Phi) is 5.71. The summed E-state index contributed by atoms with van der Waals surface area (Å²) in [6.07, 6.45) is 3.77. The molecule has 0 bridgehead atoms. The fourth-order valence-corrected chi connectivity index (χ4v) is 2.34. The Morgan fingerprint density at radius 1 is 1.55 bits per heavy atom. The van der Waals surface area contributed by atoms with Crippen molar-refractivity contribution in [2.45, 2.75) is 39.3 Å². The lowest BCUT2D eigenvalue weighted by molar-refractivity contribution is -0.123. The van der Waals surface area contributed by atoms with E-state index in [9.17, 15) is 9.90 Å². The van der Waals surface area contributed by atoms with Crippen molar-refractivity contribution >= 4 is 5.91 Å². The molecule has 1 aromatic heterocycles. The smallest absolute Gasteiger partial charge is 0.241 e. The van der Waals surface area contributed by atoms with Crippen molar-refractivity contribution in [3.63, 3.8) is 0 Å². The molecule has 6 nitrogen and oxygen atoms in total. The topological polar surface area (TPSA) is 79.2 Å². The molecule has 0 radical (unpaired) electrons. The van der Waals surface area contributed by atoms with Crippen LogP contribution in [0.1, 0.15) is 38.8 Å². The molecule has 1 heterocycles. The van der Waals surface area contributed by atoms with E-state index in [0.717, 1.165) is 5.56 Å². The SMILES string of the molecule is CNC(C(=O)NCC(C)(C)CC(C)O)c1cnn(C)c1. The first kappa shape index (κ1) is 16.7. The van der Waals surface area contributed by atoms with Crippen molar-refractivity contribution in [1.29, 1.82) is 0 Å². The number of amides is 1. The molecule has 0 saturated heterocycles. The zero-order chi connectivity index (χ0) is 15.3. The number of hydrogen-bond donors (Lipinski definition) is 3. The first-order valence-electron chi connectivity index (χ1n) is 6.87. The number of carbonyl (C=O) groups is 1. The summed E-state index contributed by atoms with van der Waals surface area (Å²) >= 11 is 0. The van der Waals surface area contributed by atoms with Crippen LogP contribution in [0.4, 0.5) is 0 Å². The summed E-state index contributed by atoms with van der Waals surface area (Å²) in [5.74, 6) is -0.0841. The number of rotatable bonds is 7. The molecule has 0 aliphatic rings. The van der Waals surface area contributed by atoms with Crippen molar-refractivity contribution in [3.05, 3.63) is 18.0 Å². The number of hydrogen-bond acceptors (Lipinski definition) is 4. The van der Waals surface area contributed by atoms with Gasteiger partial charge in [-0.1, -0.05) is 13.8 Å². The summed E-state index contributed by atoms with van der Waals surface area (Å²) in [6.45, 7) is 6.34. The minimum Gasteiger partial charge on any atom is -0.393 e. The van der Waals surface area contributed by atoms with Crippen LogP contribution in [-0.2, 0) is 11.8 Å². The third-order valence-electron chi connectivity index (χ3n) is 3.20. The molecule has 1 aromatic rings. The third-order valence-corrected chi connectivity index (χ3v) is 3.20. The first-order chi connectivity index (χ1) is 9.25. The standard InChI is InChI=1S/C14H26N4O2/c1-10(19)6-14(2,3)9-16-13(20)12(15-4)11-7-17-18(5)8-11/h7-8,10,12,15,19H,6,9H2,1-5H3,(H,16,20). The molecule has 0 spiro atoms. The van der Waals surface area contributed by atoms with Gasteiger partial charge in [0.2, 0.25) is 5.91 Å². The number of aliphatic hydroxyl groups excluding tert-OH is 1. The molecule has 114 valence electrons. The van der Waals surface area contributed by atoms with E-state index in [2.05, 4.69) is 15.7 Å². The summed E-state index contributed by atoms with van der Waals surface area (Å²) < 4.78 is 1.67. The molecular formula is C14H26N4O2. The zero-order valence-electron chi connectivity index (χ0n) is 13.0. The van der Waals surface area contributed by atoms with Crippen LogP contribution in [-0.4, -0.2) is 40.5 Å². The van der Waals surface area contributed by atoms with Crippen LogP contribution in [0, 0.1) is 5.41 Å². The highest BCUT2D eigenvalue weighted by Gasteiger charge is 2.24. The fourth-order valence-electron chi connectivity index (χ4n) is 2.34. The van der Waals surface area contributed by atoms with Crippen molar-refractivity contribution in [3.8, 4) is 0 Å². The van der Waals surface area contributed by atoms with Crippen molar-refractivity contribution in [1.82, 2.24) is 20.4 Å². The van der Waals surface area contributed by atoms with Crippen LogP contribution < -0.4 is 10.6 Å². The highest BCUT2D eigenvalue weighted by molar-refractivity contribution is 5.83. The summed E-state index contributed by atoms with van der Waals surface area (Å²) in [6, 6.07) is -0.411.